The van der Waals surface area contributed by atoms with E-state index in [9.17, 15) is 4.79 Å². The molecule has 0 saturated carbocycles. The molecule has 0 unspecified atom stereocenters. The summed E-state index contributed by atoms with van der Waals surface area (Å²) in [6.07, 6.45) is 1.71. The van der Waals surface area contributed by atoms with Crippen LogP contribution in [-0.2, 0) is 0 Å². The van der Waals surface area contributed by atoms with Crippen LogP contribution in [0, 0.1) is 0 Å². The Bertz CT molecular complexity index is 776. The number of nitrogens with two attached hydrogens (primary N) is 2. The van der Waals surface area contributed by atoms with E-state index in [2.05, 4.69) is 4.98 Å². The van der Waals surface area contributed by atoms with Crippen molar-refractivity contribution in [1.82, 2.24) is 9.55 Å². The van der Waals surface area contributed by atoms with E-state index in [-0.39, 0.29) is 0 Å². The van der Waals surface area contributed by atoms with E-state index < -0.39 is 5.91 Å². The topological polar surface area (TPSA) is 86.9 Å². The van der Waals surface area contributed by atoms with Crippen molar-refractivity contribution >= 4 is 22.6 Å². The van der Waals surface area contributed by atoms with Gasteiger partial charge in [-0.25, -0.2) is 4.98 Å². The Balaban J connectivity index is 2.22. The molecular weight excluding hydrogens is 240 g/mol. The lowest BCUT2D eigenvalue weighted by Crippen LogP contribution is -2.14. The summed E-state index contributed by atoms with van der Waals surface area (Å²) >= 11 is 0. The zero-order valence-corrected chi connectivity index (χ0v) is 10.1. The van der Waals surface area contributed by atoms with Gasteiger partial charge in [0.1, 0.15) is 6.33 Å². The molecule has 94 valence electrons. The van der Waals surface area contributed by atoms with Crippen molar-refractivity contribution in [2.24, 2.45) is 5.73 Å². The number of carbonyl (C=O) groups is 1. The molecule has 1 heterocycles. The SMILES string of the molecule is NC(=O)c1cc(-n2cnc3ccccc32)ccc1N. The predicted octanol–water partition coefficient (Wildman–Crippen LogP) is 1.71. The second-order valence-electron chi connectivity index (χ2n) is 4.24. The Hall–Kier alpha value is -2.82. The molecule has 0 aliphatic carbocycles. The molecule has 0 spiro atoms. The number of amides is 1. The first-order valence-corrected chi connectivity index (χ1v) is 5.78. The van der Waals surface area contributed by atoms with Crippen LogP contribution in [0.25, 0.3) is 16.7 Å². The van der Waals surface area contributed by atoms with E-state index in [1.54, 1.807) is 18.5 Å². The van der Waals surface area contributed by atoms with Crippen LogP contribution in [0.5, 0.6) is 0 Å². The zero-order chi connectivity index (χ0) is 13.4. The number of imidazole rings is 1. The third-order valence-electron chi connectivity index (χ3n) is 3.03. The quantitative estimate of drug-likeness (QED) is 0.680. The van der Waals surface area contributed by atoms with Crippen molar-refractivity contribution in [3.63, 3.8) is 0 Å². The number of nitrogens with zero attached hydrogens (tertiary/aromatic N) is 2. The van der Waals surface area contributed by atoms with Gasteiger partial charge in [0.05, 0.1) is 16.6 Å². The fraction of sp³-hybridized carbons (Fsp3) is 0. The van der Waals surface area contributed by atoms with E-state index in [4.69, 9.17) is 11.5 Å². The monoisotopic (exact) mass is 252 g/mol. The van der Waals surface area contributed by atoms with E-state index in [1.165, 1.54) is 0 Å². The number of hydrogen-bond donors (Lipinski definition) is 2. The lowest BCUT2D eigenvalue weighted by molar-refractivity contribution is 0.100. The van der Waals surface area contributed by atoms with Crippen molar-refractivity contribution in [3.8, 4) is 5.69 Å². The molecule has 2 aromatic carbocycles. The smallest absolute Gasteiger partial charge is 0.250 e. The van der Waals surface area contributed by atoms with Crippen LogP contribution in [0.3, 0.4) is 0 Å². The number of primary amides is 1. The normalized spacial score (nSPS) is 10.7. The van der Waals surface area contributed by atoms with E-state index in [0.717, 1.165) is 16.7 Å². The summed E-state index contributed by atoms with van der Waals surface area (Å²) in [5, 5.41) is 0. The molecule has 0 saturated heterocycles. The van der Waals surface area contributed by atoms with Gasteiger partial charge in [0.25, 0.3) is 5.91 Å². The molecule has 3 rings (SSSR count). The predicted molar refractivity (Wildman–Crippen MR) is 74.0 cm³/mol. The van der Waals surface area contributed by atoms with Crippen LogP contribution in [0.4, 0.5) is 5.69 Å². The summed E-state index contributed by atoms with van der Waals surface area (Å²) in [5.74, 6) is -0.538. The Morgan fingerprint density at radius 1 is 1.16 bits per heavy atom. The summed E-state index contributed by atoms with van der Waals surface area (Å²) < 4.78 is 1.89. The molecule has 0 fully saturated rings. The maximum atomic E-state index is 11.3. The summed E-state index contributed by atoms with van der Waals surface area (Å²) in [6.45, 7) is 0. The first-order valence-electron chi connectivity index (χ1n) is 5.78. The number of benzene rings is 2. The highest BCUT2D eigenvalue weighted by molar-refractivity contribution is 5.98. The molecule has 0 aliphatic heterocycles. The average Bonchev–Trinajstić information content (AvgIpc) is 2.83. The minimum Gasteiger partial charge on any atom is -0.398 e. The van der Waals surface area contributed by atoms with E-state index >= 15 is 0 Å². The van der Waals surface area contributed by atoms with Crippen LogP contribution in [0.15, 0.2) is 48.8 Å². The number of fused-ring (bicyclic) bond motifs is 1. The summed E-state index contributed by atoms with van der Waals surface area (Å²) in [7, 11) is 0. The average molecular weight is 252 g/mol. The molecule has 3 aromatic rings. The maximum absolute atomic E-state index is 11.3. The Kier molecular flexibility index (Phi) is 2.45. The summed E-state index contributed by atoms with van der Waals surface area (Å²) in [4.78, 5) is 15.6. The van der Waals surface area contributed by atoms with Gasteiger partial charge in [0.15, 0.2) is 0 Å². The second-order valence-corrected chi connectivity index (χ2v) is 4.24. The van der Waals surface area contributed by atoms with Crippen molar-refractivity contribution in [3.05, 3.63) is 54.4 Å². The van der Waals surface area contributed by atoms with Crippen LogP contribution in [-0.4, -0.2) is 15.5 Å². The molecule has 0 aliphatic rings. The molecule has 5 nitrogen and oxygen atoms in total. The van der Waals surface area contributed by atoms with Crippen molar-refractivity contribution in [1.29, 1.82) is 0 Å². The van der Waals surface area contributed by atoms with Crippen molar-refractivity contribution in [2.75, 3.05) is 5.73 Å². The fourth-order valence-electron chi connectivity index (χ4n) is 2.07. The second kappa shape index (κ2) is 4.13. The van der Waals surface area contributed by atoms with Gasteiger partial charge >= 0.3 is 0 Å². The largest absolute Gasteiger partial charge is 0.398 e. The van der Waals surface area contributed by atoms with Crippen molar-refractivity contribution < 1.29 is 4.79 Å². The Morgan fingerprint density at radius 3 is 2.74 bits per heavy atom. The molecule has 0 atom stereocenters. The first kappa shape index (κ1) is 11.3. The lowest BCUT2D eigenvalue weighted by Gasteiger charge is -2.07. The third-order valence-corrected chi connectivity index (χ3v) is 3.03. The van der Waals surface area contributed by atoms with Crippen LogP contribution in [0.1, 0.15) is 10.4 Å². The fourth-order valence-corrected chi connectivity index (χ4v) is 2.07. The van der Waals surface area contributed by atoms with Gasteiger partial charge in [0, 0.05) is 11.4 Å². The number of aromatic nitrogens is 2. The minimum atomic E-state index is -0.538. The van der Waals surface area contributed by atoms with Gasteiger partial charge in [0.2, 0.25) is 0 Å². The molecule has 1 aromatic heterocycles. The highest BCUT2D eigenvalue weighted by atomic mass is 16.1. The third kappa shape index (κ3) is 1.81. The maximum Gasteiger partial charge on any atom is 0.250 e. The molecule has 0 bridgehead atoms. The van der Waals surface area contributed by atoms with Gasteiger partial charge in [-0.2, -0.15) is 0 Å². The highest BCUT2D eigenvalue weighted by Gasteiger charge is 2.09. The Morgan fingerprint density at radius 2 is 1.95 bits per heavy atom. The number of hydrogen-bond acceptors (Lipinski definition) is 3. The lowest BCUT2D eigenvalue weighted by atomic mass is 10.1. The van der Waals surface area contributed by atoms with E-state index in [0.29, 0.717) is 11.3 Å². The standard InChI is InChI=1S/C14H12N4O/c15-11-6-5-9(7-10(11)14(16)19)18-8-17-12-3-1-2-4-13(12)18/h1-8H,15H2,(H2,16,19). The minimum absolute atomic E-state index is 0.315. The molecule has 19 heavy (non-hydrogen) atoms. The highest BCUT2D eigenvalue weighted by Crippen LogP contribution is 2.21. The van der Waals surface area contributed by atoms with Crippen LogP contribution < -0.4 is 11.5 Å². The Labute approximate surface area is 109 Å². The van der Waals surface area contributed by atoms with E-state index in [1.807, 2.05) is 34.9 Å². The molecule has 0 radical (unpaired) electrons. The first-order chi connectivity index (χ1) is 9.16. The number of nitrogen functional groups attached to an aromatic ring is 1. The van der Waals surface area contributed by atoms with Gasteiger partial charge in [-0.3, -0.25) is 9.36 Å². The summed E-state index contributed by atoms with van der Waals surface area (Å²) in [5.41, 5.74) is 14.4. The van der Waals surface area contributed by atoms with Gasteiger partial charge < -0.3 is 11.5 Å². The molecular formula is C14H12N4O. The van der Waals surface area contributed by atoms with Gasteiger partial charge in [-0.1, -0.05) is 12.1 Å². The van der Waals surface area contributed by atoms with Gasteiger partial charge in [-0.15, -0.1) is 0 Å². The number of para-hydroxylation sites is 2. The number of rotatable bonds is 2. The molecule has 4 N–H and O–H groups in total. The molecule has 5 heteroatoms. The number of carbonyl (C=O) groups excluding carboxylic acids is 1. The van der Waals surface area contributed by atoms with Crippen LogP contribution in [0.2, 0.25) is 0 Å². The van der Waals surface area contributed by atoms with Gasteiger partial charge in [-0.05, 0) is 30.3 Å². The van der Waals surface area contributed by atoms with Crippen LogP contribution >= 0.6 is 0 Å². The van der Waals surface area contributed by atoms with Crippen molar-refractivity contribution in [2.45, 2.75) is 0 Å². The zero-order valence-electron chi connectivity index (χ0n) is 10.1. The number of anilines is 1. The summed E-state index contributed by atoms with van der Waals surface area (Å²) in [6, 6.07) is 12.9. The molecule has 1 amide bonds.